The quantitative estimate of drug-likeness (QED) is 0.434. The van der Waals surface area contributed by atoms with Crippen molar-refractivity contribution >= 4 is 56.5 Å². The van der Waals surface area contributed by atoms with E-state index in [1.54, 1.807) is 18.2 Å². The molecule has 0 amide bonds. The summed E-state index contributed by atoms with van der Waals surface area (Å²) >= 11 is 13.8. The molecule has 1 aromatic carbocycles. The summed E-state index contributed by atoms with van der Waals surface area (Å²) in [5.74, 6) is 0.401. The molecule has 0 aliphatic heterocycles. The Kier molecular flexibility index (Phi) is 5.24. The highest BCUT2D eigenvalue weighted by Crippen LogP contribution is 2.32. The minimum Gasteiger partial charge on any atom is -0.322 e. The molecule has 6 nitrogen and oxygen atoms in total. The zero-order chi connectivity index (χ0) is 20.6. The second kappa shape index (κ2) is 7.69. The van der Waals surface area contributed by atoms with Crippen molar-refractivity contribution in [2.75, 3.05) is 5.32 Å². The van der Waals surface area contributed by atoms with Gasteiger partial charge in [0.25, 0.3) is 0 Å². The van der Waals surface area contributed by atoms with Crippen LogP contribution in [0.2, 0.25) is 10.0 Å². The number of hydrogen-bond acceptors (Lipinski definition) is 7. The summed E-state index contributed by atoms with van der Waals surface area (Å²) in [7, 11) is 0. The summed E-state index contributed by atoms with van der Waals surface area (Å²) in [6, 6.07) is 5.24. The fourth-order valence-corrected chi connectivity index (χ4v) is 3.92. The zero-order valence-corrected chi connectivity index (χ0v) is 16.5. The zero-order valence-electron chi connectivity index (χ0n) is 14.2. The highest BCUT2D eigenvalue weighted by Gasteiger charge is 2.32. The predicted octanol–water partition coefficient (Wildman–Crippen LogP) is 5.54. The number of anilines is 2. The highest BCUT2D eigenvalue weighted by molar-refractivity contribution is 7.18. The summed E-state index contributed by atoms with van der Waals surface area (Å²) in [5.41, 5.74) is 0.117. The van der Waals surface area contributed by atoms with Gasteiger partial charge in [0.15, 0.2) is 11.5 Å². The van der Waals surface area contributed by atoms with E-state index in [0.717, 1.165) is 11.8 Å². The van der Waals surface area contributed by atoms with Crippen LogP contribution in [0.15, 0.2) is 36.9 Å². The van der Waals surface area contributed by atoms with Crippen molar-refractivity contribution in [3.8, 4) is 0 Å². The van der Waals surface area contributed by atoms with Crippen molar-refractivity contribution in [1.82, 2.24) is 24.9 Å². The first kappa shape index (κ1) is 19.7. The maximum atomic E-state index is 12.6. The number of aromatic nitrogens is 5. The van der Waals surface area contributed by atoms with E-state index in [1.165, 1.54) is 17.7 Å². The molecule has 3 heterocycles. The van der Waals surface area contributed by atoms with E-state index in [1.807, 2.05) is 0 Å². The number of fused-ring (bicyclic) bond motifs is 1. The van der Waals surface area contributed by atoms with Gasteiger partial charge in [0.05, 0.1) is 12.4 Å². The normalized spacial score (nSPS) is 11.8. The molecule has 0 atom stereocenters. The van der Waals surface area contributed by atoms with E-state index < -0.39 is 11.9 Å². The number of nitrogens with zero attached hydrogens (tertiary/aromatic N) is 5. The van der Waals surface area contributed by atoms with Gasteiger partial charge in [0.2, 0.25) is 0 Å². The second-order valence-electron chi connectivity index (χ2n) is 5.77. The van der Waals surface area contributed by atoms with Gasteiger partial charge in [0, 0.05) is 16.5 Å². The van der Waals surface area contributed by atoms with Gasteiger partial charge in [-0.1, -0.05) is 40.6 Å². The molecule has 0 unspecified atom stereocenters. The number of benzene rings is 1. The molecule has 0 fully saturated rings. The van der Waals surface area contributed by atoms with E-state index in [0.29, 0.717) is 43.8 Å². The average Bonchev–Trinajstić information content (AvgIpc) is 3.08. The SMILES string of the molecule is FC(F)(F)c1cnc(Nc2ncnc3sc(Cc4c(Cl)cccc4Cl)nc23)cn1. The Morgan fingerprint density at radius 1 is 1.00 bits per heavy atom. The second-order valence-corrected chi connectivity index (χ2v) is 7.65. The fraction of sp³-hybridized carbons (Fsp3) is 0.118. The summed E-state index contributed by atoms with van der Waals surface area (Å²) in [4.78, 5) is 20.5. The first-order chi connectivity index (χ1) is 13.8. The molecule has 3 aromatic heterocycles. The molecule has 1 N–H and O–H groups in total. The maximum Gasteiger partial charge on any atom is 0.434 e. The first-order valence-corrected chi connectivity index (χ1v) is 9.58. The number of alkyl halides is 3. The summed E-state index contributed by atoms with van der Waals surface area (Å²) in [5, 5.41) is 4.59. The Morgan fingerprint density at radius 2 is 1.76 bits per heavy atom. The molecule has 0 aliphatic carbocycles. The van der Waals surface area contributed by atoms with Crippen LogP contribution in [0.1, 0.15) is 16.3 Å². The molecule has 148 valence electrons. The molecule has 0 radical (unpaired) electrons. The standard InChI is InChI=1S/C17H9Cl2F3N6S/c18-9-2-1-3-10(19)8(9)4-13-28-14-15(25-7-26-16(14)29-13)27-12-6-23-11(5-24-12)17(20,21)22/h1-3,5-7H,4H2,(H,24,25,26,27). The summed E-state index contributed by atoms with van der Waals surface area (Å²) in [6.07, 6.45) is -1.21. The van der Waals surface area contributed by atoms with Crippen LogP contribution in [0.3, 0.4) is 0 Å². The van der Waals surface area contributed by atoms with E-state index in [9.17, 15) is 13.2 Å². The van der Waals surface area contributed by atoms with Crippen LogP contribution >= 0.6 is 34.5 Å². The molecule has 29 heavy (non-hydrogen) atoms. The van der Waals surface area contributed by atoms with E-state index in [-0.39, 0.29) is 5.82 Å². The van der Waals surface area contributed by atoms with Gasteiger partial charge in [-0.2, -0.15) is 13.2 Å². The third kappa shape index (κ3) is 4.24. The van der Waals surface area contributed by atoms with Crippen molar-refractivity contribution in [1.29, 1.82) is 0 Å². The Balaban J connectivity index is 1.63. The van der Waals surface area contributed by atoms with Crippen molar-refractivity contribution < 1.29 is 13.2 Å². The van der Waals surface area contributed by atoms with Gasteiger partial charge in [0.1, 0.15) is 27.5 Å². The predicted molar refractivity (Wildman–Crippen MR) is 105 cm³/mol. The lowest BCUT2D eigenvalue weighted by atomic mass is 10.1. The van der Waals surface area contributed by atoms with Crippen LogP contribution in [0.4, 0.5) is 24.8 Å². The van der Waals surface area contributed by atoms with Crippen LogP contribution in [-0.2, 0) is 12.6 Å². The van der Waals surface area contributed by atoms with Gasteiger partial charge in [-0.15, -0.1) is 0 Å². The third-order valence-corrected chi connectivity index (χ3v) is 5.49. The summed E-state index contributed by atoms with van der Waals surface area (Å²) < 4.78 is 37.9. The van der Waals surface area contributed by atoms with Crippen LogP contribution in [0.25, 0.3) is 10.3 Å². The molecular weight excluding hydrogens is 448 g/mol. The Bertz CT molecular complexity index is 1160. The van der Waals surface area contributed by atoms with Crippen LogP contribution in [0, 0.1) is 0 Å². The monoisotopic (exact) mass is 456 g/mol. The highest BCUT2D eigenvalue weighted by atomic mass is 35.5. The van der Waals surface area contributed by atoms with Crippen molar-refractivity contribution in [3.05, 3.63) is 63.2 Å². The maximum absolute atomic E-state index is 12.6. The molecule has 0 bridgehead atoms. The van der Waals surface area contributed by atoms with Gasteiger partial charge >= 0.3 is 6.18 Å². The van der Waals surface area contributed by atoms with Crippen molar-refractivity contribution in [2.45, 2.75) is 12.6 Å². The molecule has 0 aliphatic rings. The lowest BCUT2D eigenvalue weighted by Crippen LogP contribution is -2.09. The Morgan fingerprint density at radius 3 is 2.41 bits per heavy atom. The Hall–Kier alpha value is -2.56. The largest absolute Gasteiger partial charge is 0.434 e. The van der Waals surface area contributed by atoms with Gasteiger partial charge in [-0.25, -0.2) is 24.9 Å². The Labute approximate surface area is 175 Å². The molecule has 12 heteroatoms. The van der Waals surface area contributed by atoms with Crippen LogP contribution in [0.5, 0.6) is 0 Å². The molecule has 4 rings (SSSR count). The first-order valence-electron chi connectivity index (χ1n) is 8.01. The average molecular weight is 457 g/mol. The number of hydrogen-bond donors (Lipinski definition) is 1. The number of thiazole rings is 1. The van der Waals surface area contributed by atoms with Crippen LogP contribution in [-0.4, -0.2) is 24.9 Å². The number of halogens is 5. The molecule has 0 saturated heterocycles. The van der Waals surface area contributed by atoms with Crippen molar-refractivity contribution in [3.63, 3.8) is 0 Å². The third-order valence-electron chi connectivity index (χ3n) is 3.82. The fourth-order valence-electron chi connectivity index (χ4n) is 2.48. The van der Waals surface area contributed by atoms with Gasteiger partial charge in [-0.3, -0.25) is 0 Å². The van der Waals surface area contributed by atoms with Gasteiger partial charge < -0.3 is 5.32 Å². The van der Waals surface area contributed by atoms with Crippen LogP contribution < -0.4 is 5.32 Å². The number of nitrogens with one attached hydrogen (secondary N) is 1. The smallest absolute Gasteiger partial charge is 0.322 e. The molecule has 4 aromatic rings. The van der Waals surface area contributed by atoms with Crippen molar-refractivity contribution in [2.24, 2.45) is 0 Å². The lowest BCUT2D eigenvalue weighted by Gasteiger charge is -2.07. The molecule has 0 saturated carbocycles. The van der Waals surface area contributed by atoms with Gasteiger partial charge in [-0.05, 0) is 17.7 Å². The minimum absolute atomic E-state index is 0.0988. The lowest BCUT2D eigenvalue weighted by molar-refractivity contribution is -0.141. The van der Waals surface area contributed by atoms with E-state index >= 15 is 0 Å². The van der Waals surface area contributed by atoms with E-state index in [4.69, 9.17) is 23.2 Å². The summed E-state index contributed by atoms with van der Waals surface area (Å²) in [6.45, 7) is 0. The topological polar surface area (TPSA) is 76.5 Å². The molecular formula is C17H9Cl2F3N6S. The number of rotatable bonds is 4. The van der Waals surface area contributed by atoms with E-state index in [2.05, 4.69) is 30.2 Å². The minimum atomic E-state index is -4.56. The molecule has 0 spiro atoms.